The van der Waals surface area contributed by atoms with Crippen LogP contribution in [0.3, 0.4) is 0 Å². The number of hydrogen-bond donors (Lipinski definition) is 0. The van der Waals surface area contributed by atoms with Crippen molar-refractivity contribution in [2.24, 2.45) is 0 Å². The van der Waals surface area contributed by atoms with Crippen LogP contribution in [0.15, 0.2) is 60.8 Å². The van der Waals surface area contributed by atoms with Crippen molar-refractivity contribution >= 4 is 61.7 Å². The Labute approximate surface area is 217 Å². The standard InChI is InChI=1S/C27H21N3O4S.ClH/c1-30(27-29-19-6-4-5-7-22(19)35-27)23-9-8-15(13-28-23)24-18-12-21(33-3)20(32-2)11-16(18)10-17-14-34-26(31)25(17)24;/h4-13H,14H2,1-3H3;1H. The van der Waals surface area contributed by atoms with Gasteiger partial charge in [0.25, 0.3) is 0 Å². The number of hydrogen-bond acceptors (Lipinski definition) is 8. The highest BCUT2D eigenvalue weighted by Crippen LogP contribution is 2.42. The van der Waals surface area contributed by atoms with Crippen LogP contribution < -0.4 is 14.4 Å². The molecule has 3 aromatic carbocycles. The van der Waals surface area contributed by atoms with E-state index in [0.29, 0.717) is 17.1 Å². The number of halogens is 1. The maximum absolute atomic E-state index is 12.7. The Kier molecular flexibility index (Phi) is 6.15. The van der Waals surface area contributed by atoms with Gasteiger partial charge < -0.3 is 19.1 Å². The first-order valence-corrected chi connectivity index (χ1v) is 11.8. The van der Waals surface area contributed by atoms with Gasteiger partial charge >= 0.3 is 5.97 Å². The number of esters is 1. The van der Waals surface area contributed by atoms with E-state index in [1.165, 1.54) is 0 Å². The number of pyridine rings is 1. The van der Waals surface area contributed by atoms with Crippen LogP contribution in [0.2, 0.25) is 0 Å². The topological polar surface area (TPSA) is 73.8 Å². The van der Waals surface area contributed by atoms with Gasteiger partial charge in [-0.15, -0.1) is 12.4 Å². The third-order valence-electron chi connectivity index (χ3n) is 6.24. The summed E-state index contributed by atoms with van der Waals surface area (Å²) in [4.78, 5) is 24.1. The van der Waals surface area contributed by atoms with E-state index in [2.05, 4.69) is 6.07 Å². The van der Waals surface area contributed by atoms with Crippen LogP contribution in [0.5, 0.6) is 11.5 Å². The van der Waals surface area contributed by atoms with Gasteiger partial charge in [0.05, 0.1) is 30.0 Å². The Morgan fingerprint density at radius 2 is 1.78 bits per heavy atom. The number of cyclic esters (lactones) is 1. The van der Waals surface area contributed by atoms with Crippen LogP contribution in [-0.2, 0) is 11.3 Å². The van der Waals surface area contributed by atoms with Gasteiger partial charge in [-0.1, -0.05) is 23.5 Å². The number of methoxy groups -OCH3 is 2. The summed E-state index contributed by atoms with van der Waals surface area (Å²) in [5.74, 6) is 1.64. The molecule has 36 heavy (non-hydrogen) atoms. The summed E-state index contributed by atoms with van der Waals surface area (Å²) in [5.41, 5.74) is 3.98. The lowest BCUT2D eigenvalue weighted by molar-refractivity contribution is 0.0535. The van der Waals surface area contributed by atoms with Crippen molar-refractivity contribution in [3.05, 3.63) is 71.9 Å². The molecule has 0 unspecified atom stereocenters. The van der Waals surface area contributed by atoms with Crippen molar-refractivity contribution in [1.29, 1.82) is 0 Å². The lowest BCUT2D eigenvalue weighted by Crippen LogP contribution is -2.10. The van der Waals surface area contributed by atoms with Gasteiger partial charge in [0.1, 0.15) is 12.4 Å². The number of rotatable bonds is 5. The van der Waals surface area contributed by atoms with E-state index in [9.17, 15) is 4.79 Å². The first-order chi connectivity index (χ1) is 17.1. The molecule has 0 radical (unpaired) electrons. The summed E-state index contributed by atoms with van der Waals surface area (Å²) in [7, 11) is 5.15. The average Bonchev–Trinajstić information content (AvgIpc) is 3.49. The van der Waals surface area contributed by atoms with E-state index in [-0.39, 0.29) is 25.0 Å². The Balaban J connectivity index is 0.00000267. The van der Waals surface area contributed by atoms with Crippen LogP contribution in [0.4, 0.5) is 10.9 Å². The van der Waals surface area contributed by atoms with Gasteiger partial charge in [-0.25, -0.2) is 14.8 Å². The summed E-state index contributed by atoms with van der Waals surface area (Å²) in [6.45, 7) is 0.247. The highest BCUT2D eigenvalue weighted by molar-refractivity contribution is 7.22. The number of fused-ring (bicyclic) bond motifs is 3. The fraction of sp³-hybridized carbons (Fsp3) is 0.148. The van der Waals surface area contributed by atoms with E-state index >= 15 is 0 Å². The summed E-state index contributed by atoms with van der Waals surface area (Å²) < 4.78 is 17.5. The molecule has 9 heteroatoms. The summed E-state index contributed by atoms with van der Waals surface area (Å²) in [6.07, 6.45) is 1.79. The van der Waals surface area contributed by atoms with Gasteiger partial charge in [0, 0.05) is 29.9 Å². The third-order valence-corrected chi connectivity index (χ3v) is 7.35. The fourth-order valence-corrected chi connectivity index (χ4v) is 5.42. The Morgan fingerprint density at radius 1 is 1.00 bits per heavy atom. The van der Waals surface area contributed by atoms with E-state index < -0.39 is 0 Å². The van der Waals surface area contributed by atoms with Crippen LogP contribution in [0, 0.1) is 0 Å². The van der Waals surface area contributed by atoms with Crippen molar-refractivity contribution < 1.29 is 19.0 Å². The summed E-state index contributed by atoms with van der Waals surface area (Å²) in [5, 5.41) is 2.66. The van der Waals surface area contributed by atoms with Crippen molar-refractivity contribution in [3.63, 3.8) is 0 Å². The second-order valence-electron chi connectivity index (χ2n) is 8.22. The molecule has 2 aromatic heterocycles. The second-order valence-corrected chi connectivity index (χ2v) is 9.23. The smallest absolute Gasteiger partial charge is 0.339 e. The third kappa shape index (κ3) is 3.79. The molecule has 0 fully saturated rings. The predicted molar refractivity (Wildman–Crippen MR) is 144 cm³/mol. The van der Waals surface area contributed by atoms with Gasteiger partial charge in [0.15, 0.2) is 16.6 Å². The zero-order valence-electron chi connectivity index (χ0n) is 19.8. The number of para-hydroxylation sites is 1. The maximum Gasteiger partial charge on any atom is 0.339 e. The number of anilines is 2. The molecular formula is C27H22ClN3O4S. The molecule has 1 aliphatic rings. The molecule has 0 amide bonds. The summed E-state index contributed by atoms with van der Waals surface area (Å²) >= 11 is 1.61. The number of thiazole rings is 1. The molecule has 5 aromatic rings. The first kappa shape index (κ1) is 23.8. The van der Waals surface area contributed by atoms with Crippen LogP contribution in [0.25, 0.3) is 32.1 Å². The molecule has 1 aliphatic heterocycles. The monoisotopic (exact) mass is 519 g/mol. The molecule has 0 N–H and O–H groups in total. The molecule has 0 saturated carbocycles. The number of carbonyl (C=O) groups is 1. The number of nitrogens with zero attached hydrogens (tertiary/aromatic N) is 3. The minimum atomic E-state index is -0.331. The molecule has 0 atom stereocenters. The zero-order chi connectivity index (χ0) is 24.1. The van der Waals surface area contributed by atoms with Crippen LogP contribution in [-0.4, -0.2) is 37.2 Å². The van der Waals surface area contributed by atoms with Crippen molar-refractivity contribution in [2.45, 2.75) is 6.61 Å². The Bertz CT molecular complexity index is 1580. The number of aromatic nitrogens is 2. The van der Waals surface area contributed by atoms with Crippen LogP contribution >= 0.6 is 23.7 Å². The molecule has 0 spiro atoms. The molecule has 0 aliphatic carbocycles. The van der Waals surface area contributed by atoms with Gasteiger partial charge in [-0.2, -0.15) is 0 Å². The highest BCUT2D eigenvalue weighted by Gasteiger charge is 2.28. The largest absolute Gasteiger partial charge is 0.493 e. The zero-order valence-corrected chi connectivity index (χ0v) is 21.4. The maximum atomic E-state index is 12.7. The molecule has 0 bridgehead atoms. The number of ether oxygens (including phenoxy) is 3. The molecule has 182 valence electrons. The second kappa shape index (κ2) is 9.29. The SMILES string of the molecule is COc1cc2cc3c(c(-c4ccc(N(C)c5nc6ccccc6s5)nc4)c2cc1OC)C(=O)OC3.Cl. The lowest BCUT2D eigenvalue weighted by atomic mass is 9.91. The van der Waals surface area contributed by atoms with E-state index in [0.717, 1.165) is 48.6 Å². The lowest BCUT2D eigenvalue weighted by Gasteiger charge is -2.17. The fourth-order valence-electron chi connectivity index (χ4n) is 4.48. The minimum Gasteiger partial charge on any atom is -0.493 e. The van der Waals surface area contributed by atoms with Crippen LogP contribution in [0.1, 0.15) is 15.9 Å². The molecule has 7 nitrogen and oxygen atoms in total. The van der Waals surface area contributed by atoms with Crippen molar-refractivity contribution in [3.8, 4) is 22.6 Å². The van der Waals surface area contributed by atoms with Gasteiger partial charge in [-0.05, 0) is 53.2 Å². The molecular weight excluding hydrogens is 498 g/mol. The van der Waals surface area contributed by atoms with Crippen molar-refractivity contribution in [2.75, 3.05) is 26.2 Å². The number of benzene rings is 3. The Hall–Kier alpha value is -3.88. The average molecular weight is 520 g/mol. The first-order valence-electron chi connectivity index (χ1n) is 11.0. The number of carbonyl (C=O) groups excluding carboxylic acids is 1. The van der Waals surface area contributed by atoms with E-state index in [4.69, 9.17) is 24.2 Å². The minimum absolute atomic E-state index is 0. The normalized spacial score (nSPS) is 12.2. The van der Waals surface area contributed by atoms with E-state index in [1.54, 1.807) is 31.8 Å². The van der Waals surface area contributed by atoms with Crippen molar-refractivity contribution in [1.82, 2.24) is 9.97 Å². The highest BCUT2D eigenvalue weighted by atomic mass is 35.5. The quantitative estimate of drug-likeness (QED) is 0.249. The van der Waals surface area contributed by atoms with Gasteiger partial charge in [0.2, 0.25) is 0 Å². The summed E-state index contributed by atoms with van der Waals surface area (Å²) in [6, 6.07) is 17.8. The molecule has 6 rings (SSSR count). The van der Waals surface area contributed by atoms with Gasteiger partial charge in [-0.3, -0.25) is 0 Å². The predicted octanol–water partition coefficient (Wildman–Crippen LogP) is 6.39. The molecule has 3 heterocycles. The Morgan fingerprint density at radius 3 is 2.50 bits per heavy atom. The van der Waals surface area contributed by atoms with E-state index in [1.807, 2.05) is 60.5 Å². The molecule has 0 saturated heterocycles.